The summed E-state index contributed by atoms with van der Waals surface area (Å²) in [6.07, 6.45) is 0. The third-order valence-corrected chi connectivity index (χ3v) is 5.80. The number of methoxy groups -OCH3 is 1. The van der Waals surface area contributed by atoms with Crippen LogP contribution in [0.1, 0.15) is 22.0 Å². The Morgan fingerprint density at radius 1 is 0.909 bits per heavy atom. The lowest BCUT2D eigenvalue weighted by molar-refractivity contribution is -0.147. The molecule has 0 aromatic heterocycles. The Morgan fingerprint density at radius 3 is 2.15 bits per heavy atom. The van der Waals surface area contributed by atoms with Gasteiger partial charge in [0.2, 0.25) is 0 Å². The lowest BCUT2D eigenvalue weighted by Crippen LogP contribution is -2.49. The molecule has 1 aliphatic heterocycles. The monoisotopic (exact) mass is 447 g/mol. The van der Waals surface area contributed by atoms with E-state index in [9.17, 15) is 14.0 Å². The molecule has 6 nitrogen and oxygen atoms in total. The number of rotatable bonds is 6. The summed E-state index contributed by atoms with van der Waals surface area (Å²) in [5, 5.41) is 2.73. The predicted molar refractivity (Wildman–Crippen MR) is 126 cm³/mol. The molecule has 1 fully saturated rings. The van der Waals surface area contributed by atoms with Crippen molar-refractivity contribution in [3.8, 4) is 0 Å². The minimum Gasteiger partial charge on any atom is -0.468 e. The Labute approximate surface area is 192 Å². The van der Waals surface area contributed by atoms with Crippen LogP contribution < -0.4 is 10.2 Å². The quantitative estimate of drug-likeness (QED) is 0.576. The second kappa shape index (κ2) is 10.3. The molecule has 1 amide bonds. The number of hydrogen-bond donors (Lipinski definition) is 1. The molecular weight excluding hydrogens is 421 g/mol. The van der Waals surface area contributed by atoms with Crippen molar-refractivity contribution in [3.05, 3.63) is 95.8 Å². The summed E-state index contributed by atoms with van der Waals surface area (Å²) in [6.45, 7) is 2.29. The number of carbonyl (C=O) groups excluding carboxylic acids is 2. The van der Waals surface area contributed by atoms with Gasteiger partial charge in [-0.1, -0.05) is 48.5 Å². The van der Waals surface area contributed by atoms with Crippen LogP contribution in [0.25, 0.3) is 0 Å². The minimum atomic E-state index is -0.487. The van der Waals surface area contributed by atoms with Crippen molar-refractivity contribution in [2.24, 2.45) is 0 Å². The number of ether oxygens (including phenoxy) is 1. The predicted octanol–water partition coefficient (Wildman–Crippen LogP) is 4.11. The van der Waals surface area contributed by atoms with Crippen molar-refractivity contribution in [1.29, 1.82) is 0 Å². The largest absolute Gasteiger partial charge is 0.468 e. The summed E-state index contributed by atoms with van der Waals surface area (Å²) in [5.74, 6) is -0.993. The van der Waals surface area contributed by atoms with E-state index in [0.29, 0.717) is 43.1 Å². The Kier molecular flexibility index (Phi) is 7.00. The van der Waals surface area contributed by atoms with Crippen LogP contribution in [0.2, 0.25) is 0 Å². The van der Waals surface area contributed by atoms with Gasteiger partial charge < -0.3 is 15.0 Å². The Bertz CT molecular complexity index is 1100. The second-order valence-corrected chi connectivity index (χ2v) is 7.85. The fourth-order valence-electron chi connectivity index (χ4n) is 4.10. The van der Waals surface area contributed by atoms with Gasteiger partial charge in [-0.05, 0) is 35.9 Å². The first-order chi connectivity index (χ1) is 16.1. The average molecular weight is 448 g/mol. The van der Waals surface area contributed by atoms with E-state index in [1.54, 1.807) is 36.4 Å². The molecule has 0 saturated carbocycles. The summed E-state index contributed by atoms with van der Waals surface area (Å²) in [5.41, 5.74) is 2.26. The van der Waals surface area contributed by atoms with Crippen LogP contribution in [0.4, 0.5) is 15.8 Å². The lowest BCUT2D eigenvalue weighted by atomic mass is 10.0. The topological polar surface area (TPSA) is 61.9 Å². The maximum absolute atomic E-state index is 14.9. The third-order valence-electron chi connectivity index (χ3n) is 5.80. The van der Waals surface area contributed by atoms with Gasteiger partial charge in [0.25, 0.3) is 5.91 Å². The van der Waals surface area contributed by atoms with E-state index in [1.807, 2.05) is 41.3 Å². The molecule has 1 unspecified atom stereocenters. The van der Waals surface area contributed by atoms with Gasteiger partial charge >= 0.3 is 5.97 Å². The molecule has 33 heavy (non-hydrogen) atoms. The molecule has 1 heterocycles. The number of esters is 1. The molecule has 170 valence electrons. The fraction of sp³-hybridized carbons (Fsp3) is 0.231. The molecule has 0 spiro atoms. The number of nitrogens with zero attached hydrogens (tertiary/aromatic N) is 2. The molecule has 1 saturated heterocycles. The van der Waals surface area contributed by atoms with Crippen LogP contribution in [0, 0.1) is 5.82 Å². The first kappa shape index (κ1) is 22.5. The van der Waals surface area contributed by atoms with Crippen LogP contribution >= 0.6 is 0 Å². The van der Waals surface area contributed by atoms with Gasteiger partial charge in [-0.15, -0.1) is 0 Å². The van der Waals surface area contributed by atoms with E-state index in [0.717, 1.165) is 5.56 Å². The maximum Gasteiger partial charge on any atom is 0.327 e. The van der Waals surface area contributed by atoms with Crippen LogP contribution in [-0.4, -0.2) is 50.1 Å². The molecule has 0 radical (unpaired) electrons. The van der Waals surface area contributed by atoms with E-state index < -0.39 is 11.9 Å². The molecule has 1 N–H and O–H groups in total. The van der Waals surface area contributed by atoms with Crippen LogP contribution in [0.5, 0.6) is 0 Å². The van der Waals surface area contributed by atoms with E-state index in [4.69, 9.17) is 4.74 Å². The average Bonchev–Trinajstić information content (AvgIpc) is 2.86. The smallest absolute Gasteiger partial charge is 0.327 e. The molecule has 3 aromatic carbocycles. The number of hydrogen-bond acceptors (Lipinski definition) is 5. The summed E-state index contributed by atoms with van der Waals surface area (Å²) < 4.78 is 19.9. The van der Waals surface area contributed by atoms with Crippen molar-refractivity contribution < 1.29 is 18.7 Å². The Balaban J connectivity index is 1.42. The normalized spacial score (nSPS) is 15.0. The number of amides is 1. The van der Waals surface area contributed by atoms with E-state index in [2.05, 4.69) is 10.2 Å². The van der Waals surface area contributed by atoms with Crippen molar-refractivity contribution in [2.75, 3.05) is 43.5 Å². The first-order valence-electron chi connectivity index (χ1n) is 10.8. The summed E-state index contributed by atoms with van der Waals surface area (Å²) in [4.78, 5) is 28.8. The van der Waals surface area contributed by atoms with Crippen molar-refractivity contribution in [2.45, 2.75) is 6.04 Å². The van der Waals surface area contributed by atoms with Gasteiger partial charge in [-0.2, -0.15) is 0 Å². The second-order valence-electron chi connectivity index (χ2n) is 7.85. The number of carbonyl (C=O) groups is 2. The van der Waals surface area contributed by atoms with Gasteiger partial charge in [-0.25, -0.2) is 9.18 Å². The SMILES string of the molecule is COC(=O)C(c1ccccc1)N1CCN(c2ccc(NC(=O)c3ccccc3)cc2F)CC1. The number of piperazine rings is 1. The van der Waals surface area contributed by atoms with Crippen LogP contribution in [-0.2, 0) is 9.53 Å². The Hall–Kier alpha value is -3.71. The van der Waals surface area contributed by atoms with Crippen molar-refractivity contribution >= 4 is 23.3 Å². The van der Waals surface area contributed by atoms with Crippen molar-refractivity contribution in [3.63, 3.8) is 0 Å². The molecule has 1 aliphatic rings. The van der Waals surface area contributed by atoms with Gasteiger partial charge in [0.1, 0.15) is 11.9 Å². The molecule has 7 heteroatoms. The number of benzene rings is 3. The first-order valence-corrected chi connectivity index (χ1v) is 10.8. The van der Waals surface area contributed by atoms with Gasteiger partial charge in [-0.3, -0.25) is 9.69 Å². The number of anilines is 2. The molecule has 1 atom stereocenters. The zero-order valence-electron chi connectivity index (χ0n) is 18.4. The molecular formula is C26H26FN3O3. The molecule has 3 aromatic rings. The van der Waals surface area contributed by atoms with Crippen LogP contribution in [0.15, 0.2) is 78.9 Å². The highest BCUT2D eigenvalue weighted by Crippen LogP contribution is 2.28. The molecule has 0 bridgehead atoms. The minimum absolute atomic E-state index is 0.286. The lowest BCUT2D eigenvalue weighted by Gasteiger charge is -2.39. The van der Waals surface area contributed by atoms with E-state index >= 15 is 0 Å². The third kappa shape index (κ3) is 5.21. The Morgan fingerprint density at radius 2 is 1.55 bits per heavy atom. The van der Waals surface area contributed by atoms with E-state index in [-0.39, 0.29) is 11.9 Å². The number of nitrogens with one attached hydrogen (secondary N) is 1. The standard InChI is InChI=1S/C26H26FN3O3/c1-33-26(32)24(19-8-4-2-5-9-19)30-16-14-29(15-17-30)23-13-12-21(18-22(23)27)28-25(31)20-10-6-3-7-11-20/h2-13,18,24H,14-17H2,1H3,(H,28,31). The fourth-order valence-corrected chi connectivity index (χ4v) is 4.10. The van der Waals surface area contributed by atoms with Gasteiger partial charge in [0.15, 0.2) is 0 Å². The summed E-state index contributed by atoms with van der Waals surface area (Å²) in [7, 11) is 1.39. The zero-order valence-corrected chi connectivity index (χ0v) is 18.4. The van der Waals surface area contributed by atoms with Gasteiger partial charge in [0.05, 0.1) is 12.8 Å². The van der Waals surface area contributed by atoms with Crippen LogP contribution in [0.3, 0.4) is 0 Å². The summed E-state index contributed by atoms with van der Waals surface area (Å²) >= 11 is 0. The molecule has 4 rings (SSSR count). The van der Waals surface area contributed by atoms with Crippen molar-refractivity contribution in [1.82, 2.24) is 4.90 Å². The van der Waals surface area contributed by atoms with Gasteiger partial charge in [0, 0.05) is 37.4 Å². The maximum atomic E-state index is 14.9. The highest BCUT2D eigenvalue weighted by Gasteiger charge is 2.31. The zero-order chi connectivity index (χ0) is 23.2. The summed E-state index contributed by atoms with van der Waals surface area (Å²) in [6, 6.07) is 22.6. The molecule has 0 aliphatic carbocycles. The highest BCUT2D eigenvalue weighted by atomic mass is 19.1. The highest BCUT2D eigenvalue weighted by molar-refractivity contribution is 6.04. The van der Waals surface area contributed by atoms with E-state index in [1.165, 1.54) is 13.2 Å². The number of halogens is 1.